The van der Waals surface area contributed by atoms with Gasteiger partial charge < -0.3 is 4.74 Å². The summed E-state index contributed by atoms with van der Waals surface area (Å²) in [5, 5.41) is 0. The average molecular weight is 365 g/mol. The van der Waals surface area contributed by atoms with Gasteiger partial charge in [-0.05, 0) is 31.5 Å². The van der Waals surface area contributed by atoms with E-state index in [1.807, 2.05) is 0 Å². The maximum Gasteiger partial charge on any atom is 0.367 e. The Labute approximate surface area is 147 Å². The summed E-state index contributed by atoms with van der Waals surface area (Å²) >= 11 is 0. The predicted octanol–water partition coefficient (Wildman–Crippen LogP) is 2.15. The number of aromatic nitrogens is 2. The number of nitrogens with zero attached hydrogens (tertiary/aromatic N) is 2. The van der Waals surface area contributed by atoms with E-state index in [4.69, 9.17) is 4.74 Å². The van der Waals surface area contributed by atoms with Crippen LogP contribution >= 0.6 is 0 Å². The van der Waals surface area contributed by atoms with E-state index in [1.165, 1.54) is 13.0 Å². The number of methoxy groups -OCH3 is 1. The number of hydrogen-bond donors (Lipinski definition) is 1. The Balaban J connectivity index is 2.69. The van der Waals surface area contributed by atoms with Crippen molar-refractivity contribution >= 4 is 11.9 Å². The van der Waals surface area contributed by atoms with Gasteiger partial charge in [0.25, 0.3) is 0 Å². The first-order chi connectivity index (χ1) is 12.3. The van der Waals surface area contributed by atoms with E-state index in [-0.39, 0.29) is 28.9 Å². The van der Waals surface area contributed by atoms with Gasteiger partial charge in [0.1, 0.15) is 5.56 Å². The van der Waals surface area contributed by atoms with E-state index in [1.54, 1.807) is 6.92 Å². The molecule has 1 aromatic heterocycles. The van der Waals surface area contributed by atoms with E-state index in [2.05, 4.69) is 10.4 Å². The number of carbonyl (C=O) groups is 2. The van der Waals surface area contributed by atoms with E-state index in [0.29, 0.717) is 6.42 Å². The standard InChI is InChI=1S/C17H17F2N3O4/c1-4-5-13(23)21-22-9(2)14(16(24)26-3)15(20-17(22)25)10-6-7-11(18)12(19)8-10/h6-8H,4-5H2,1-3H3,(H,21,23). The minimum absolute atomic E-state index is 0.0246. The van der Waals surface area contributed by atoms with Gasteiger partial charge in [-0.1, -0.05) is 6.92 Å². The molecule has 1 N–H and O–H groups in total. The van der Waals surface area contributed by atoms with Crippen molar-refractivity contribution in [1.82, 2.24) is 9.66 Å². The van der Waals surface area contributed by atoms with Crippen LogP contribution in [0.2, 0.25) is 0 Å². The van der Waals surface area contributed by atoms with Crippen LogP contribution in [0.15, 0.2) is 23.0 Å². The van der Waals surface area contributed by atoms with Crippen molar-refractivity contribution in [1.29, 1.82) is 0 Å². The molecule has 0 bridgehead atoms. The fraction of sp³-hybridized carbons (Fsp3) is 0.294. The van der Waals surface area contributed by atoms with Crippen molar-refractivity contribution in [2.75, 3.05) is 12.5 Å². The lowest BCUT2D eigenvalue weighted by Gasteiger charge is -2.16. The fourth-order valence-electron chi connectivity index (χ4n) is 2.37. The number of amides is 1. The summed E-state index contributed by atoms with van der Waals surface area (Å²) in [7, 11) is 1.13. The van der Waals surface area contributed by atoms with Crippen LogP contribution in [0.5, 0.6) is 0 Å². The second-order valence-corrected chi connectivity index (χ2v) is 5.44. The molecule has 1 amide bonds. The third-order valence-electron chi connectivity index (χ3n) is 3.63. The molecule has 138 valence electrons. The Kier molecular flexibility index (Phi) is 5.81. The number of halogens is 2. The number of hydrogen-bond acceptors (Lipinski definition) is 5. The molecule has 0 saturated carbocycles. The quantitative estimate of drug-likeness (QED) is 0.820. The van der Waals surface area contributed by atoms with Gasteiger partial charge >= 0.3 is 11.7 Å². The Morgan fingerprint density at radius 2 is 1.96 bits per heavy atom. The first kappa shape index (κ1) is 19.2. The molecule has 0 atom stereocenters. The zero-order chi connectivity index (χ0) is 19.4. The van der Waals surface area contributed by atoms with Crippen LogP contribution in [-0.2, 0) is 9.53 Å². The molecule has 0 aliphatic rings. The lowest BCUT2D eigenvalue weighted by molar-refractivity contribution is -0.117. The molecule has 0 fully saturated rings. The van der Waals surface area contributed by atoms with Crippen LogP contribution in [0.4, 0.5) is 8.78 Å². The fourth-order valence-corrected chi connectivity index (χ4v) is 2.37. The average Bonchev–Trinajstić information content (AvgIpc) is 2.60. The second kappa shape index (κ2) is 7.85. The van der Waals surface area contributed by atoms with Gasteiger partial charge in [-0.2, -0.15) is 4.98 Å². The summed E-state index contributed by atoms with van der Waals surface area (Å²) in [6.45, 7) is 3.20. The molecule has 26 heavy (non-hydrogen) atoms. The van der Waals surface area contributed by atoms with Crippen LogP contribution in [0.25, 0.3) is 11.3 Å². The highest BCUT2D eigenvalue weighted by atomic mass is 19.2. The van der Waals surface area contributed by atoms with E-state index < -0.39 is 29.2 Å². The Bertz CT molecular complexity index is 925. The van der Waals surface area contributed by atoms with E-state index in [9.17, 15) is 23.2 Å². The van der Waals surface area contributed by atoms with Crippen LogP contribution in [0, 0.1) is 18.6 Å². The molecule has 2 aromatic rings. The minimum Gasteiger partial charge on any atom is -0.465 e. The molecule has 0 aliphatic carbocycles. The normalized spacial score (nSPS) is 10.5. The Hall–Kier alpha value is -3.10. The lowest BCUT2D eigenvalue weighted by atomic mass is 10.0. The molecule has 0 spiro atoms. The summed E-state index contributed by atoms with van der Waals surface area (Å²) < 4.78 is 32.3. The molecule has 1 aromatic carbocycles. The molecule has 0 saturated heterocycles. The van der Waals surface area contributed by atoms with E-state index in [0.717, 1.165) is 23.9 Å². The third-order valence-corrected chi connectivity index (χ3v) is 3.63. The number of carbonyl (C=O) groups excluding carboxylic acids is 2. The molecule has 7 nitrogen and oxygen atoms in total. The molecule has 9 heteroatoms. The topological polar surface area (TPSA) is 90.3 Å². The maximum atomic E-state index is 13.6. The molecule has 0 radical (unpaired) electrons. The zero-order valence-electron chi connectivity index (χ0n) is 14.4. The van der Waals surface area contributed by atoms with Crippen molar-refractivity contribution in [3.63, 3.8) is 0 Å². The largest absolute Gasteiger partial charge is 0.465 e. The van der Waals surface area contributed by atoms with Crippen molar-refractivity contribution in [3.05, 3.63) is 51.6 Å². The molecule has 0 unspecified atom stereocenters. The zero-order valence-corrected chi connectivity index (χ0v) is 14.4. The number of ether oxygens (including phenoxy) is 1. The molecule has 2 rings (SSSR count). The molecular formula is C17H17F2N3O4. The highest BCUT2D eigenvalue weighted by Crippen LogP contribution is 2.25. The SMILES string of the molecule is CCCC(=O)Nn1c(C)c(C(=O)OC)c(-c2ccc(F)c(F)c2)nc1=O. The number of rotatable bonds is 5. The number of nitrogens with one attached hydrogen (secondary N) is 1. The summed E-state index contributed by atoms with van der Waals surface area (Å²) in [5.74, 6) is -3.51. The van der Waals surface area contributed by atoms with Crippen molar-refractivity contribution < 1.29 is 23.1 Å². The Morgan fingerprint density at radius 3 is 2.54 bits per heavy atom. The lowest BCUT2D eigenvalue weighted by Crippen LogP contribution is -2.38. The summed E-state index contributed by atoms with van der Waals surface area (Å²) in [5.41, 5.74) is 1.25. The van der Waals surface area contributed by atoms with Crippen molar-refractivity contribution in [3.8, 4) is 11.3 Å². The van der Waals surface area contributed by atoms with Gasteiger partial charge in [0, 0.05) is 12.0 Å². The third kappa shape index (κ3) is 3.76. The van der Waals surface area contributed by atoms with Gasteiger partial charge in [-0.3, -0.25) is 10.2 Å². The van der Waals surface area contributed by atoms with Crippen LogP contribution in [0.3, 0.4) is 0 Å². The minimum atomic E-state index is -1.15. The maximum absolute atomic E-state index is 13.6. The van der Waals surface area contributed by atoms with Crippen LogP contribution in [-0.4, -0.2) is 28.6 Å². The van der Waals surface area contributed by atoms with Crippen LogP contribution < -0.4 is 11.1 Å². The van der Waals surface area contributed by atoms with Gasteiger partial charge in [-0.25, -0.2) is 23.0 Å². The molecular weight excluding hydrogens is 348 g/mol. The van der Waals surface area contributed by atoms with Crippen molar-refractivity contribution in [2.24, 2.45) is 0 Å². The van der Waals surface area contributed by atoms with Gasteiger partial charge in [0.2, 0.25) is 5.91 Å². The second-order valence-electron chi connectivity index (χ2n) is 5.44. The van der Waals surface area contributed by atoms with Crippen LogP contribution in [0.1, 0.15) is 35.8 Å². The van der Waals surface area contributed by atoms with E-state index >= 15 is 0 Å². The molecule has 1 heterocycles. The Morgan fingerprint density at radius 1 is 1.27 bits per heavy atom. The molecule has 0 aliphatic heterocycles. The summed E-state index contributed by atoms with van der Waals surface area (Å²) in [6.07, 6.45) is 0.730. The predicted molar refractivity (Wildman–Crippen MR) is 89.2 cm³/mol. The smallest absolute Gasteiger partial charge is 0.367 e. The summed E-state index contributed by atoms with van der Waals surface area (Å²) in [4.78, 5) is 40.1. The number of esters is 1. The summed E-state index contributed by atoms with van der Waals surface area (Å²) in [6, 6.07) is 2.87. The van der Waals surface area contributed by atoms with Crippen molar-refractivity contribution in [2.45, 2.75) is 26.7 Å². The van der Waals surface area contributed by atoms with Gasteiger partial charge in [0.05, 0.1) is 18.5 Å². The number of benzene rings is 1. The monoisotopic (exact) mass is 365 g/mol. The highest BCUT2D eigenvalue weighted by Gasteiger charge is 2.23. The highest BCUT2D eigenvalue weighted by molar-refractivity contribution is 5.97. The van der Waals surface area contributed by atoms with Gasteiger partial charge in [-0.15, -0.1) is 0 Å². The first-order valence-corrected chi connectivity index (χ1v) is 7.77. The van der Waals surface area contributed by atoms with Gasteiger partial charge in [0.15, 0.2) is 11.6 Å². The first-order valence-electron chi connectivity index (χ1n) is 7.77.